The van der Waals surface area contributed by atoms with E-state index in [1.807, 2.05) is 5.48 Å². The van der Waals surface area contributed by atoms with Crippen LogP contribution in [0.5, 0.6) is 0 Å². The van der Waals surface area contributed by atoms with Gasteiger partial charge in [0.15, 0.2) is 0 Å². The van der Waals surface area contributed by atoms with Crippen molar-refractivity contribution in [1.82, 2.24) is 10.8 Å². The Balaban J connectivity index is 4.03. The molecule has 0 aromatic rings. The highest BCUT2D eigenvalue weighted by Gasteiger charge is 2.04. The number of carbonyl (C=O) groups is 2. The Morgan fingerprint density at radius 3 is 2.60 bits per heavy atom. The summed E-state index contributed by atoms with van der Waals surface area (Å²) in [4.78, 5) is 29.5. The van der Waals surface area contributed by atoms with Gasteiger partial charge < -0.3 is 15.9 Å². The molecule has 0 saturated carbocycles. The molecule has 2 amide bonds. The van der Waals surface area contributed by atoms with Gasteiger partial charge in [-0.05, 0) is 13.8 Å². The number of urea groups is 1. The lowest BCUT2D eigenvalue weighted by Gasteiger charge is -2.04. The molecule has 0 atom stereocenters. The number of hydrogen-bond acceptors (Lipinski definition) is 3. The topological polar surface area (TPSA) is 106 Å². The Bertz CT molecular complexity index is 298. The summed E-state index contributed by atoms with van der Waals surface area (Å²) < 4.78 is 0. The molecule has 0 fully saturated rings. The van der Waals surface area contributed by atoms with Gasteiger partial charge in [-0.3, -0.25) is 0 Å². The quantitative estimate of drug-likeness (QED) is 0.252. The summed E-state index contributed by atoms with van der Waals surface area (Å²) in [7, 11) is 0. The van der Waals surface area contributed by atoms with Crippen LogP contribution in [-0.4, -0.2) is 24.5 Å². The summed E-state index contributed by atoms with van der Waals surface area (Å²) in [6, 6.07) is -0.617. The zero-order chi connectivity index (χ0) is 11.8. The first kappa shape index (κ1) is 12.9. The van der Waals surface area contributed by atoms with Gasteiger partial charge in [-0.25, -0.2) is 9.59 Å². The second-order valence-electron chi connectivity index (χ2n) is 2.60. The number of nitrogens with two attached hydrogens (primary N) is 1. The van der Waals surface area contributed by atoms with Gasteiger partial charge in [-0.2, -0.15) is 10.5 Å². The Morgan fingerprint density at radius 2 is 2.13 bits per heavy atom. The van der Waals surface area contributed by atoms with Crippen molar-refractivity contribution in [3.8, 4) is 0 Å². The molecule has 0 aromatic carbocycles. The zero-order valence-corrected chi connectivity index (χ0v) is 8.66. The van der Waals surface area contributed by atoms with Crippen LogP contribution in [0, 0.1) is 0 Å². The van der Waals surface area contributed by atoms with E-state index < -0.39 is 12.0 Å². The summed E-state index contributed by atoms with van der Waals surface area (Å²) in [6.07, 6.45) is 0. The lowest BCUT2D eigenvalue weighted by Crippen LogP contribution is -2.36. The molecule has 7 heteroatoms. The van der Waals surface area contributed by atoms with Crippen LogP contribution >= 0.6 is 0 Å². The van der Waals surface area contributed by atoms with Gasteiger partial charge in [0.1, 0.15) is 0 Å². The highest BCUT2D eigenvalue weighted by Crippen LogP contribution is 1.88. The first-order valence-electron chi connectivity index (χ1n) is 4.22. The van der Waals surface area contributed by atoms with Crippen molar-refractivity contribution in [2.45, 2.75) is 13.8 Å². The second-order valence-corrected chi connectivity index (χ2v) is 2.60. The molecule has 0 aliphatic heterocycles. The molecule has 0 saturated heterocycles. The van der Waals surface area contributed by atoms with Crippen LogP contribution in [-0.2, 0) is 9.63 Å². The Labute approximate surface area is 87.3 Å². The highest BCUT2D eigenvalue weighted by atomic mass is 16.7. The number of guanidine groups is 1. The van der Waals surface area contributed by atoms with Gasteiger partial charge in [0, 0.05) is 12.1 Å². The van der Waals surface area contributed by atoms with Crippen LogP contribution in [0.4, 0.5) is 4.79 Å². The van der Waals surface area contributed by atoms with E-state index in [1.54, 1.807) is 6.92 Å². The van der Waals surface area contributed by atoms with Gasteiger partial charge in [0.2, 0.25) is 5.96 Å². The standard InChI is InChI=1S/C8H14N4O3/c1-4-10-8(14)11-7(9)12-15-6(13)5(2)3/h2,4H2,1,3H3,(H4,9,10,11,12,14). The van der Waals surface area contributed by atoms with Crippen LogP contribution in [0.1, 0.15) is 13.8 Å². The predicted octanol–water partition coefficient (Wildman–Crippen LogP) is -0.345. The van der Waals surface area contributed by atoms with Crippen LogP contribution in [0.25, 0.3) is 0 Å². The zero-order valence-electron chi connectivity index (χ0n) is 8.66. The lowest BCUT2D eigenvalue weighted by atomic mass is 10.4. The van der Waals surface area contributed by atoms with E-state index in [4.69, 9.17) is 5.73 Å². The van der Waals surface area contributed by atoms with Gasteiger partial charge in [0.25, 0.3) is 0 Å². The van der Waals surface area contributed by atoms with E-state index in [0.717, 1.165) is 0 Å². The minimum atomic E-state index is -0.677. The van der Waals surface area contributed by atoms with Crippen molar-refractivity contribution in [2.24, 2.45) is 10.7 Å². The minimum Gasteiger partial charge on any atom is -0.367 e. The molecule has 4 N–H and O–H groups in total. The smallest absolute Gasteiger partial charge is 0.358 e. The molecular weight excluding hydrogens is 200 g/mol. The van der Waals surface area contributed by atoms with Crippen LogP contribution < -0.4 is 16.5 Å². The van der Waals surface area contributed by atoms with Crippen LogP contribution in [0.3, 0.4) is 0 Å². The Morgan fingerprint density at radius 1 is 1.53 bits per heavy atom. The molecular formula is C8H14N4O3. The summed E-state index contributed by atoms with van der Waals surface area (Å²) >= 11 is 0. The number of nitrogens with one attached hydrogen (secondary N) is 2. The fourth-order valence-electron chi connectivity index (χ4n) is 0.509. The van der Waals surface area contributed by atoms with E-state index in [-0.39, 0.29) is 11.5 Å². The van der Waals surface area contributed by atoms with E-state index >= 15 is 0 Å². The summed E-state index contributed by atoms with van der Waals surface area (Å²) in [5.74, 6) is -0.986. The largest absolute Gasteiger partial charge is 0.367 e. The lowest BCUT2D eigenvalue weighted by molar-refractivity contribution is -0.143. The normalized spacial score (nSPS) is 10.4. The Kier molecular flexibility index (Phi) is 5.53. The molecule has 7 nitrogen and oxygen atoms in total. The monoisotopic (exact) mass is 214 g/mol. The predicted molar refractivity (Wildman–Crippen MR) is 54.7 cm³/mol. The van der Waals surface area contributed by atoms with E-state index in [0.29, 0.717) is 6.54 Å². The molecule has 15 heavy (non-hydrogen) atoms. The van der Waals surface area contributed by atoms with Crippen molar-refractivity contribution in [2.75, 3.05) is 6.54 Å². The van der Waals surface area contributed by atoms with Crippen molar-refractivity contribution in [3.63, 3.8) is 0 Å². The van der Waals surface area contributed by atoms with Crippen LogP contribution in [0.2, 0.25) is 0 Å². The molecule has 0 aromatic heterocycles. The van der Waals surface area contributed by atoms with E-state index in [2.05, 4.69) is 21.7 Å². The molecule has 0 unspecified atom stereocenters. The van der Waals surface area contributed by atoms with E-state index in [9.17, 15) is 9.59 Å². The molecule has 0 aliphatic rings. The maximum Gasteiger partial charge on any atom is 0.358 e. The third-order valence-corrected chi connectivity index (χ3v) is 1.15. The number of aliphatic imine (C=N–C) groups is 1. The van der Waals surface area contributed by atoms with Crippen LogP contribution in [0.15, 0.2) is 17.1 Å². The maximum atomic E-state index is 10.9. The average Bonchev–Trinajstić information content (AvgIpc) is 2.14. The van der Waals surface area contributed by atoms with Crippen molar-refractivity contribution in [3.05, 3.63) is 12.2 Å². The maximum absolute atomic E-state index is 10.9. The number of hydroxylamine groups is 1. The fourth-order valence-corrected chi connectivity index (χ4v) is 0.509. The second kappa shape index (κ2) is 6.41. The number of amides is 2. The molecule has 0 aliphatic carbocycles. The molecule has 0 rings (SSSR count). The summed E-state index contributed by atoms with van der Waals surface area (Å²) in [5, 5.41) is 2.38. The first-order chi connectivity index (χ1) is 6.97. The van der Waals surface area contributed by atoms with Crippen molar-refractivity contribution in [1.29, 1.82) is 0 Å². The van der Waals surface area contributed by atoms with Gasteiger partial charge in [0.05, 0.1) is 0 Å². The van der Waals surface area contributed by atoms with Crippen molar-refractivity contribution >= 4 is 18.0 Å². The number of carbonyl (C=O) groups excluding carboxylic acids is 2. The molecule has 0 bridgehead atoms. The van der Waals surface area contributed by atoms with Gasteiger partial charge in [-0.15, -0.1) is 0 Å². The number of nitrogens with zero attached hydrogens (tertiary/aromatic N) is 1. The summed E-state index contributed by atoms with van der Waals surface area (Å²) in [6.45, 7) is 6.99. The highest BCUT2D eigenvalue weighted by molar-refractivity contribution is 5.92. The molecule has 0 radical (unpaired) electrons. The molecule has 0 heterocycles. The van der Waals surface area contributed by atoms with Crippen molar-refractivity contribution < 1.29 is 14.4 Å². The molecule has 0 spiro atoms. The third-order valence-electron chi connectivity index (χ3n) is 1.15. The fraction of sp³-hybridized carbons (Fsp3) is 0.375. The van der Waals surface area contributed by atoms with E-state index in [1.165, 1.54) is 6.92 Å². The number of hydrogen-bond donors (Lipinski definition) is 3. The summed E-state index contributed by atoms with van der Waals surface area (Å²) in [5.41, 5.74) is 7.44. The first-order valence-corrected chi connectivity index (χ1v) is 4.22. The third kappa shape index (κ3) is 6.08. The minimum absolute atomic E-state index is 0.202. The molecule has 84 valence electrons. The number of rotatable bonds is 2. The SMILES string of the molecule is C=C(C)C(=O)ONC(N)=NC(=O)NCC. The average molecular weight is 214 g/mol. The van der Waals surface area contributed by atoms with Gasteiger partial charge >= 0.3 is 12.0 Å². The Hall–Kier alpha value is -2.05. The van der Waals surface area contributed by atoms with Gasteiger partial charge in [-0.1, -0.05) is 6.58 Å².